The molecule has 0 aliphatic heterocycles. The lowest BCUT2D eigenvalue weighted by Gasteiger charge is -2.18. The topological polar surface area (TPSA) is 101 Å². The van der Waals surface area contributed by atoms with Gasteiger partial charge in [-0.15, -0.1) is 5.10 Å². The van der Waals surface area contributed by atoms with Crippen molar-refractivity contribution in [3.8, 4) is 28.1 Å². The summed E-state index contributed by atoms with van der Waals surface area (Å²) in [6, 6.07) is 6.80. The van der Waals surface area contributed by atoms with Gasteiger partial charge in [0.2, 0.25) is 0 Å². The summed E-state index contributed by atoms with van der Waals surface area (Å²) in [6.45, 7) is -6.10. The van der Waals surface area contributed by atoms with Gasteiger partial charge in [0.05, 0.1) is 40.9 Å². The van der Waals surface area contributed by atoms with E-state index in [4.69, 9.17) is 11.6 Å². The largest absolute Gasteiger partial charge is 0.345 e. The third-order valence-electron chi connectivity index (χ3n) is 5.75. The number of ether oxygens (including phenoxy) is 1. The Kier molecular flexibility index (Phi) is 7.60. The molecule has 5 aromatic rings. The first kappa shape index (κ1) is 26.4. The fourth-order valence-electron chi connectivity index (χ4n) is 3.95. The van der Waals surface area contributed by atoms with Crippen LogP contribution in [0.15, 0.2) is 61.4 Å². The van der Waals surface area contributed by atoms with Gasteiger partial charge in [-0.25, -0.2) is 9.07 Å². The quantitative estimate of drug-likeness (QED) is 0.215. The van der Waals surface area contributed by atoms with Crippen LogP contribution in [0.3, 0.4) is 0 Å². The maximum atomic E-state index is 15.1. The molecule has 5 rings (SSSR count). The number of halogens is 6. The zero-order valence-electron chi connectivity index (χ0n) is 19.6. The molecule has 0 spiro atoms. The fraction of sp³-hybridized carbons (Fsp3) is 0.217. The van der Waals surface area contributed by atoms with Crippen LogP contribution in [0.1, 0.15) is 24.7 Å². The molecule has 0 N–H and O–H groups in total. The molecule has 202 valence electrons. The highest BCUT2D eigenvalue weighted by atomic mass is 35.5. The molecule has 1 aromatic carbocycles. The zero-order valence-corrected chi connectivity index (χ0v) is 20.4. The fourth-order valence-corrected chi connectivity index (χ4v) is 4.11. The van der Waals surface area contributed by atoms with Crippen LogP contribution >= 0.6 is 11.6 Å². The number of rotatable bonds is 10. The van der Waals surface area contributed by atoms with E-state index in [1.807, 2.05) is 0 Å². The van der Waals surface area contributed by atoms with Crippen molar-refractivity contribution in [2.45, 2.75) is 25.6 Å². The molecular weight excluding hydrogens is 549 g/mol. The van der Waals surface area contributed by atoms with E-state index in [9.17, 15) is 17.6 Å². The Morgan fingerprint density at radius 2 is 1.82 bits per heavy atom. The van der Waals surface area contributed by atoms with E-state index in [1.165, 1.54) is 46.4 Å². The molecule has 0 saturated heterocycles. The van der Waals surface area contributed by atoms with Gasteiger partial charge in [-0.05, 0) is 41.1 Å². The summed E-state index contributed by atoms with van der Waals surface area (Å²) in [5.41, 5.74) is 1.85. The van der Waals surface area contributed by atoms with Crippen LogP contribution in [-0.4, -0.2) is 58.0 Å². The first-order valence-corrected chi connectivity index (χ1v) is 11.6. The summed E-state index contributed by atoms with van der Waals surface area (Å²) in [5.74, 6) is -0.707. The summed E-state index contributed by atoms with van der Waals surface area (Å²) >= 11 is 6.02. The Bertz CT molecular complexity index is 1540. The number of benzene rings is 1. The predicted octanol–water partition coefficient (Wildman–Crippen LogP) is 5.19. The molecule has 4 heterocycles. The standard InChI is InChI=1S/C23H17ClF5N9O/c24-15-2-4-19(38-12-31-34-35-38)20(21(15)25)13-1-3-17(30-9-13)18(6-8-39-23(28)29)37-11-14(10-32-37)16-5-7-36(33-16)22(26)27/h1-5,7,9-12,18,22-23H,6,8H2. The Hall–Kier alpha value is -4.24. The van der Waals surface area contributed by atoms with Crippen LogP contribution in [0.5, 0.6) is 0 Å². The van der Waals surface area contributed by atoms with Crippen LogP contribution in [0.25, 0.3) is 28.1 Å². The number of pyridine rings is 1. The van der Waals surface area contributed by atoms with Crippen molar-refractivity contribution in [2.24, 2.45) is 0 Å². The lowest BCUT2D eigenvalue weighted by atomic mass is 10.0. The highest BCUT2D eigenvalue weighted by Gasteiger charge is 2.21. The number of aromatic nitrogens is 9. The van der Waals surface area contributed by atoms with Gasteiger partial charge in [-0.1, -0.05) is 17.7 Å². The molecule has 4 aromatic heterocycles. The normalized spacial score (nSPS) is 12.5. The van der Waals surface area contributed by atoms with Gasteiger partial charge in [0.15, 0.2) is 5.82 Å². The van der Waals surface area contributed by atoms with Crippen molar-refractivity contribution < 1.29 is 26.7 Å². The Labute approximate surface area is 221 Å². The van der Waals surface area contributed by atoms with E-state index in [2.05, 4.69) is 35.4 Å². The number of tetrazole rings is 1. The molecule has 1 atom stereocenters. The number of hydrogen-bond acceptors (Lipinski definition) is 7. The Morgan fingerprint density at radius 1 is 0.974 bits per heavy atom. The van der Waals surface area contributed by atoms with Crippen LogP contribution in [0, 0.1) is 5.82 Å². The SMILES string of the molecule is Fc1c(Cl)ccc(-n2cnnn2)c1-c1ccc(C(CCOC(F)F)n2cc(-c3ccn(C(F)F)n3)cn2)nc1. The lowest BCUT2D eigenvalue weighted by molar-refractivity contribution is -0.130. The minimum Gasteiger partial charge on any atom is -0.323 e. The van der Waals surface area contributed by atoms with E-state index >= 15 is 4.39 Å². The minimum atomic E-state index is -2.97. The smallest absolute Gasteiger partial charge is 0.323 e. The van der Waals surface area contributed by atoms with Gasteiger partial charge in [0.25, 0.3) is 0 Å². The Morgan fingerprint density at radius 3 is 2.49 bits per heavy atom. The second-order valence-corrected chi connectivity index (χ2v) is 8.49. The van der Waals surface area contributed by atoms with Crippen molar-refractivity contribution in [3.63, 3.8) is 0 Å². The van der Waals surface area contributed by atoms with Crippen LogP contribution in [-0.2, 0) is 4.74 Å². The summed E-state index contributed by atoms with van der Waals surface area (Å²) in [5, 5.41) is 18.9. The molecule has 0 radical (unpaired) electrons. The lowest BCUT2D eigenvalue weighted by Crippen LogP contribution is -2.16. The maximum Gasteiger partial charge on any atom is 0.345 e. The predicted molar refractivity (Wildman–Crippen MR) is 127 cm³/mol. The van der Waals surface area contributed by atoms with Crippen LogP contribution < -0.4 is 0 Å². The average molecular weight is 566 g/mol. The van der Waals surface area contributed by atoms with Crippen molar-refractivity contribution in [1.82, 2.24) is 44.8 Å². The second kappa shape index (κ2) is 11.2. The second-order valence-electron chi connectivity index (χ2n) is 8.09. The van der Waals surface area contributed by atoms with Gasteiger partial charge >= 0.3 is 13.2 Å². The molecule has 0 amide bonds. The highest BCUT2D eigenvalue weighted by Crippen LogP contribution is 2.34. The minimum absolute atomic E-state index is 0.0463. The third kappa shape index (κ3) is 5.63. The molecule has 39 heavy (non-hydrogen) atoms. The number of alkyl halides is 4. The van der Waals surface area contributed by atoms with E-state index in [0.717, 1.165) is 6.20 Å². The van der Waals surface area contributed by atoms with Crippen molar-refractivity contribution in [2.75, 3.05) is 6.61 Å². The van der Waals surface area contributed by atoms with Crippen molar-refractivity contribution >= 4 is 11.6 Å². The monoisotopic (exact) mass is 565 g/mol. The average Bonchev–Trinajstić information content (AvgIpc) is 3.70. The molecule has 0 aliphatic carbocycles. The summed E-state index contributed by atoms with van der Waals surface area (Å²) < 4.78 is 73.9. The van der Waals surface area contributed by atoms with Gasteiger partial charge in [0.1, 0.15) is 6.33 Å². The first-order valence-electron chi connectivity index (χ1n) is 11.3. The summed E-state index contributed by atoms with van der Waals surface area (Å²) in [4.78, 5) is 4.44. The third-order valence-corrected chi connectivity index (χ3v) is 6.04. The van der Waals surface area contributed by atoms with Crippen molar-refractivity contribution in [3.05, 3.63) is 78.0 Å². The molecule has 16 heteroatoms. The van der Waals surface area contributed by atoms with Crippen LogP contribution in [0.2, 0.25) is 5.02 Å². The number of nitrogens with zero attached hydrogens (tertiary/aromatic N) is 9. The molecule has 0 saturated carbocycles. The molecular formula is C23H17ClF5N9O. The van der Waals surface area contributed by atoms with Gasteiger partial charge < -0.3 is 4.74 Å². The van der Waals surface area contributed by atoms with E-state index in [1.54, 1.807) is 18.2 Å². The highest BCUT2D eigenvalue weighted by molar-refractivity contribution is 6.31. The van der Waals surface area contributed by atoms with Crippen molar-refractivity contribution in [1.29, 1.82) is 0 Å². The molecule has 10 nitrogen and oxygen atoms in total. The zero-order chi connectivity index (χ0) is 27.5. The van der Waals surface area contributed by atoms with Gasteiger partial charge in [-0.3, -0.25) is 9.67 Å². The molecule has 0 bridgehead atoms. The molecule has 0 fully saturated rings. The van der Waals surface area contributed by atoms with Crippen LogP contribution in [0.4, 0.5) is 22.0 Å². The Balaban J connectivity index is 1.48. The van der Waals surface area contributed by atoms with E-state index < -0.39 is 25.0 Å². The number of hydrogen-bond donors (Lipinski definition) is 0. The van der Waals surface area contributed by atoms with E-state index in [0.29, 0.717) is 27.2 Å². The first-order chi connectivity index (χ1) is 18.8. The summed E-state index contributed by atoms with van der Waals surface area (Å²) in [7, 11) is 0. The van der Waals surface area contributed by atoms with Gasteiger partial charge in [-0.2, -0.15) is 32.4 Å². The maximum absolute atomic E-state index is 15.1. The van der Waals surface area contributed by atoms with Gasteiger partial charge in [0, 0.05) is 35.3 Å². The van der Waals surface area contributed by atoms with E-state index in [-0.39, 0.29) is 29.3 Å². The molecule has 1 unspecified atom stereocenters. The molecule has 0 aliphatic rings. The summed E-state index contributed by atoms with van der Waals surface area (Å²) in [6.07, 6.45) is 6.82.